The van der Waals surface area contributed by atoms with E-state index in [-0.39, 0.29) is 24.0 Å². The predicted octanol–water partition coefficient (Wildman–Crippen LogP) is -0.226. The third kappa shape index (κ3) is 3.19. The number of hydrogen-bond donors (Lipinski definition) is 1. The van der Waals surface area contributed by atoms with Gasteiger partial charge in [-0.05, 0) is 26.2 Å². The van der Waals surface area contributed by atoms with E-state index in [1.54, 1.807) is 4.90 Å². The molecular weight excluding hydrogens is 240 g/mol. The first-order chi connectivity index (χ1) is 7.81. The van der Waals surface area contributed by atoms with Crippen molar-refractivity contribution in [2.45, 2.75) is 37.8 Å². The fourth-order valence-electron chi connectivity index (χ4n) is 2.23. The van der Waals surface area contributed by atoms with Gasteiger partial charge in [0.05, 0.1) is 18.1 Å². The topological polar surface area (TPSA) is 66.5 Å². The van der Waals surface area contributed by atoms with Gasteiger partial charge in [-0.15, -0.1) is 0 Å². The summed E-state index contributed by atoms with van der Waals surface area (Å²) in [5, 5.41) is 3.11. The average Bonchev–Trinajstić information content (AvgIpc) is 3.02. The lowest BCUT2D eigenvalue weighted by Crippen LogP contribution is -2.48. The number of nitrogens with one attached hydrogen (secondary N) is 1. The van der Waals surface area contributed by atoms with Gasteiger partial charge in [-0.1, -0.05) is 0 Å². The molecule has 1 aliphatic heterocycles. The van der Waals surface area contributed by atoms with Crippen molar-refractivity contribution in [3.63, 3.8) is 0 Å². The minimum Gasteiger partial charge on any atom is -0.342 e. The second-order valence-electron chi connectivity index (χ2n) is 5.49. The third-order valence-electron chi connectivity index (χ3n) is 3.66. The number of hydrogen-bond acceptors (Lipinski definition) is 4. The number of carbonyl (C=O) groups is 1. The Labute approximate surface area is 102 Å². The molecule has 0 aromatic rings. The number of rotatable bonds is 4. The molecule has 0 aromatic heterocycles. The van der Waals surface area contributed by atoms with Crippen LogP contribution in [0.5, 0.6) is 0 Å². The standard InChI is InChI=1S/C11H20N2O3S/c1-11(5-6-17(15,16)8-11)12-7-10(14)13(2)9-3-4-9/h9,12H,3-8H2,1-2H3. The fraction of sp³-hybridized carbons (Fsp3) is 0.909. The predicted molar refractivity (Wildman–Crippen MR) is 65.5 cm³/mol. The molecule has 1 unspecified atom stereocenters. The Morgan fingerprint density at radius 3 is 2.59 bits per heavy atom. The smallest absolute Gasteiger partial charge is 0.236 e. The number of nitrogens with zero attached hydrogens (tertiary/aromatic N) is 1. The number of sulfone groups is 1. The maximum atomic E-state index is 11.8. The van der Waals surface area contributed by atoms with Gasteiger partial charge < -0.3 is 10.2 Å². The van der Waals surface area contributed by atoms with Crippen molar-refractivity contribution in [2.24, 2.45) is 0 Å². The van der Waals surface area contributed by atoms with Crippen molar-refractivity contribution in [1.82, 2.24) is 10.2 Å². The van der Waals surface area contributed by atoms with Crippen molar-refractivity contribution >= 4 is 15.7 Å². The molecule has 0 bridgehead atoms. The molecule has 0 spiro atoms. The largest absolute Gasteiger partial charge is 0.342 e. The van der Waals surface area contributed by atoms with Crippen LogP contribution in [0.3, 0.4) is 0 Å². The fourth-order valence-corrected chi connectivity index (χ4v) is 4.35. The van der Waals surface area contributed by atoms with Gasteiger partial charge in [-0.3, -0.25) is 4.79 Å². The van der Waals surface area contributed by atoms with Crippen LogP contribution in [0.4, 0.5) is 0 Å². The van der Waals surface area contributed by atoms with E-state index >= 15 is 0 Å². The molecule has 98 valence electrons. The maximum Gasteiger partial charge on any atom is 0.236 e. The van der Waals surface area contributed by atoms with Gasteiger partial charge in [-0.2, -0.15) is 0 Å². The van der Waals surface area contributed by atoms with Crippen LogP contribution in [0, 0.1) is 0 Å². The van der Waals surface area contributed by atoms with E-state index in [1.165, 1.54) is 0 Å². The molecule has 1 atom stereocenters. The average molecular weight is 260 g/mol. The first-order valence-electron chi connectivity index (χ1n) is 6.02. The van der Waals surface area contributed by atoms with Crippen molar-refractivity contribution in [2.75, 3.05) is 25.1 Å². The van der Waals surface area contributed by atoms with Crippen LogP contribution < -0.4 is 5.32 Å². The van der Waals surface area contributed by atoms with Gasteiger partial charge in [0.25, 0.3) is 0 Å². The Balaban J connectivity index is 1.83. The van der Waals surface area contributed by atoms with E-state index in [1.807, 2.05) is 14.0 Å². The Morgan fingerprint density at radius 2 is 2.12 bits per heavy atom. The molecule has 1 saturated carbocycles. The van der Waals surface area contributed by atoms with E-state index in [0.29, 0.717) is 12.5 Å². The monoisotopic (exact) mass is 260 g/mol. The van der Waals surface area contributed by atoms with Gasteiger partial charge in [0, 0.05) is 18.6 Å². The molecule has 6 heteroatoms. The lowest BCUT2D eigenvalue weighted by atomic mass is 10.0. The zero-order chi connectivity index (χ0) is 12.7. The van der Waals surface area contributed by atoms with Crippen LogP contribution in [0.15, 0.2) is 0 Å². The summed E-state index contributed by atoms with van der Waals surface area (Å²) in [6.07, 6.45) is 2.78. The molecular formula is C11H20N2O3S. The zero-order valence-corrected chi connectivity index (χ0v) is 11.2. The summed E-state index contributed by atoms with van der Waals surface area (Å²) in [6.45, 7) is 2.11. The van der Waals surface area contributed by atoms with Crippen LogP contribution in [0.2, 0.25) is 0 Å². The van der Waals surface area contributed by atoms with Gasteiger partial charge in [0.1, 0.15) is 0 Å². The lowest BCUT2D eigenvalue weighted by Gasteiger charge is -2.25. The highest BCUT2D eigenvalue weighted by atomic mass is 32.2. The van der Waals surface area contributed by atoms with Crippen LogP contribution >= 0.6 is 0 Å². The van der Waals surface area contributed by atoms with E-state index in [2.05, 4.69) is 5.32 Å². The summed E-state index contributed by atoms with van der Waals surface area (Å²) < 4.78 is 22.8. The van der Waals surface area contributed by atoms with E-state index < -0.39 is 15.4 Å². The quantitative estimate of drug-likeness (QED) is 0.758. The Morgan fingerprint density at radius 1 is 1.47 bits per heavy atom. The van der Waals surface area contributed by atoms with E-state index in [0.717, 1.165) is 12.8 Å². The van der Waals surface area contributed by atoms with Crippen molar-refractivity contribution in [3.05, 3.63) is 0 Å². The summed E-state index contributed by atoms with van der Waals surface area (Å²) in [5.41, 5.74) is -0.432. The highest BCUT2D eigenvalue weighted by Gasteiger charge is 2.38. The molecule has 0 aromatic carbocycles. The summed E-state index contributed by atoms with van der Waals surface area (Å²) >= 11 is 0. The number of likely N-dealkylation sites (N-methyl/N-ethyl adjacent to an activating group) is 1. The minimum absolute atomic E-state index is 0.0537. The molecule has 5 nitrogen and oxygen atoms in total. The number of carbonyl (C=O) groups excluding carboxylic acids is 1. The SMILES string of the molecule is CN(C(=O)CNC1(C)CCS(=O)(=O)C1)C1CC1. The highest BCUT2D eigenvalue weighted by molar-refractivity contribution is 7.91. The Bertz CT molecular complexity index is 416. The maximum absolute atomic E-state index is 11.8. The van der Waals surface area contributed by atoms with Gasteiger partial charge >= 0.3 is 0 Å². The Kier molecular flexibility index (Phi) is 3.20. The van der Waals surface area contributed by atoms with E-state index in [9.17, 15) is 13.2 Å². The van der Waals surface area contributed by atoms with E-state index in [4.69, 9.17) is 0 Å². The molecule has 2 fully saturated rings. The van der Waals surface area contributed by atoms with Gasteiger partial charge in [0.2, 0.25) is 5.91 Å². The summed E-state index contributed by atoms with van der Waals surface area (Å²) in [6, 6.07) is 0.407. The van der Waals surface area contributed by atoms with Gasteiger partial charge in [-0.25, -0.2) is 8.42 Å². The molecule has 1 amide bonds. The van der Waals surface area contributed by atoms with Gasteiger partial charge in [0.15, 0.2) is 9.84 Å². The number of amides is 1. The van der Waals surface area contributed by atoms with Crippen molar-refractivity contribution < 1.29 is 13.2 Å². The zero-order valence-electron chi connectivity index (χ0n) is 10.4. The molecule has 17 heavy (non-hydrogen) atoms. The summed E-state index contributed by atoms with van der Waals surface area (Å²) in [4.78, 5) is 13.6. The van der Waals surface area contributed by atoms with Crippen LogP contribution in [-0.4, -0.2) is 55.9 Å². The molecule has 0 radical (unpaired) electrons. The molecule has 2 rings (SSSR count). The second-order valence-corrected chi connectivity index (χ2v) is 7.68. The Hall–Kier alpha value is -0.620. The van der Waals surface area contributed by atoms with Crippen molar-refractivity contribution in [1.29, 1.82) is 0 Å². The first-order valence-corrected chi connectivity index (χ1v) is 7.85. The van der Waals surface area contributed by atoms with Crippen molar-refractivity contribution in [3.8, 4) is 0 Å². The lowest BCUT2D eigenvalue weighted by molar-refractivity contribution is -0.129. The molecule has 2 aliphatic rings. The van der Waals surface area contributed by atoms with Crippen LogP contribution in [0.1, 0.15) is 26.2 Å². The first kappa shape index (κ1) is 12.8. The molecule has 1 aliphatic carbocycles. The summed E-state index contributed by atoms with van der Waals surface area (Å²) in [5.74, 6) is 0.418. The molecule has 1 saturated heterocycles. The normalized spacial score (nSPS) is 31.4. The molecule has 1 heterocycles. The molecule has 1 N–H and O–H groups in total. The van der Waals surface area contributed by atoms with Crippen LogP contribution in [-0.2, 0) is 14.6 Å². The summed E-state index contributed by atoms with van der Waals surface area (Å²) in [7, 11) is -1.10. The van der Waals surface area contributed by atoms with Crippen LogP contribution in [0.25, 0.3) is 0 Å². The highest BCUT2D eigenvalue weighted by Crippen LogP contribution is 2.26. The second kappa shape index (κ2) is 4.24. The minimum atomic E-state index is -2.91. The third-order valence-corrected chi connectivity index (χ3v) is 5.56.